The van der Waals surface area contributed by atoms with Gasteiger partial charge in [0.1, 0.15) is 5.82 Å². The Morgan fingerprint density at radius 2 is 1.74 bits per heavy atom. The maximum absolute atomic E-state index is 13.2. The molecule has 0 fully saturated rings. The SMILES string of the molecule is O=C1C[C@@H](C(=O)Nc2cccc3ccccc23)c2c(nc(Nc3cc(Cl)cc(Cl)c3)[nH]c2=O)N1. The molecular formula is C24H17Cl2N5O3. The van der Waals surface area contributed by atoms with Crippen molar-refractivity contribution in [3.05, 3.63) is 86.6 Å². The first-order valence-electron chi connectivity index (χ1n) is 10.3. The number of carbonyl (C=O) groups excluding carboxylic acids is 2. The summed E-state index contributed by atoms with van der Waals surface area (Å²) >= 11 is 12.0. The van der Waals surface area contributed by atoms with Crippen molar-refractivity contribution in [3.63, 3.8) is 0 Å². The largest absolute Gasteiger partial charge is 0.326 e. The fourth-order valence-electron chi connectivity index (χ4n) is 3.97. The van der Waals surface area contributed by atoms with E-state index in [1.54, 1.807) is 24.3 Å². The van der Waals surface area contributed by atoms with E-state index in [-0.39, 0.29) is 23.8 Å². The lowest BCUT2D eigenvalue weighted by atomic mass is 9.92. The van der Waals surface area contributed by atoms with Crippen LogP contribution >= 0.6 is 23.2 Å². The molecule has 0 saturated heterocycles. The molecule has 5 rings (SSSR count). The van der Waals surface area contributed by atoms with E-state index in [2.05, 4.69) is 25.9 Å². The number of rotatable bonds is 4. The first kappa shape index (κ1) is 21.9. The fourth-order valence-corrected chi connectivity index (χ4v) is 4.50. The van der Waals surface area contributed by atoms with Crippen LogP contribution in [0.1, 0.15) is 17.9 Å². The van der Waals surface area contributed by atoms with Crippen LogP contribution < -0.4 is 21.5 Å². The molecule has 0 unspecified atom stereocenters. The van der Waals surface area contributed by atoms with Gasteiger partial charge in [-0.25, -0.2) is 0 Å². The number of anilines is 4. The number of benzene rings is 3. The smallest absolute Gasteiger partial charge is 0.258 e. The van der Waals surface area contributed by atoms with Gasteiger partial charge in [0, 0.05) is 33.2 Å². The van der Waals surface area contributed by atoms with Crippen molar-refractivity contribution in [2.45, 2.75) is 12.3 Å². The number of amides is 2. The van der Waals surface area contributed by atoms with Crippen LogP contribution in [0, 0.1) is 0 Å². The minimum atomic E-state index is -1.01. The Bertz CT molecular complexity index is 1490. The highest BCUT2D eigenvalue weighted by molar-refractivity contribution is 6.35. The zero-order chi connectivity index (χ0) is 23.8. The van der Waals surface area contributed by atoms with E-state index in [0.29, 0.717) is 21.4 Å². The van der Waals surface area contributed by atoms with Gasteiger partial charge in [0.05, 0.1) is 11.5 Å². The molecule has 170 valence electrons. The lowest BCUT2D eigenvalue weighted by Crippen LogP contribution is -2.36. The second-order valence-corrected chi connectivity index (χ2v) is 8.65. The summed E-state index contributed by atoms with van der Waals surface area (Å²) in [5.74, 6) is -1.80. The van der Waals surface area contributed by atoms with Crippen LogP contribution in [0.25, 0.3) is 10.8 Å². The van der Waals surface area contributed by atoms with Crippen LogP contribution in [0.2, 0.25) is 10.0 Å². The molecule has 1 atom stereocenters. The normalized spacial score (nSPS) is 14.9. The number of aromatic nitrogens is 2. The Morgan fingerprint density at radius 1 is 1.00 bits per heavy atom. The molecule has 2 amide bonds. The molecule has 8 nitrogen and oxygen atoms in total. The molecular weight excluding hydrogens is 477 g/mol. The van der Waals surface area contributed by atoms with E-state index in [1.165, 1.54) is 0 Å². The predicted octanol–water partition coefficient (Wildman–Crippen LogP) is 5.04. The van der Waals surface area contributed by atoms with E-state index in [9.17, 15) is 14.4 Å². The summed E-state index contributed by atoms with van der Waals surface area (Å²) in [5.41, 5.74) is 0.634. The number of nitrogens with zero attached hydrogens (tertiary/aromatic N) is 1. The van der Waals surface area contributed by atoms with Crippen LogP contribution in [-0.4, -0.2) is 21.8 Å². The molecule has 34 heavy (non-hydrogen) atoms. The monoisotopic (exact) mass is 493 g/mol. The number of nitrogens with one attached hydrogen (secondary N) is 4. The highest BCUT2D eigenvalue weighted by Gasteiger charge is 2.35. The van der Waals surface area contributed by atoms with E-state index >= 15 is 0 Å². The van der Waals surface area contributed by atoms with Crippen molar-refractivity contribution >= 4 is 68.9 Å². The minimum Gasteiger partial charge on any atom is -0.326 e. The number of aromatic amines is 1. The Hall–Kier alpha value is -3.88. The maximum atomic E-state index is 13.2. The molecule has 0 saturated carbocycles. The lowest BCUT2D eigenvalue weighted by molar-refractivity contribution is -0.123. The summed E-state index contributed by atoms with van der Waals surface area (Å²) in [5, 5.41) is 11.0. The van der Waals surface area contributed by atoms with Gasteiger partial charge in [0.25, 0.3) is 5.56 Å². The van der Waals surface area contributed by atoms with Crippen LogP contribution in [0.3, 0.4) is 0 Å². The molecule has 0 bridgehead atoms. The number of carbonyl (C=O) groups is 2. The average molecular weight is 494 g/mol. The first-order chi connectivity index (χ1) is 16.4. The second kappa shape index (κ2) is 8.81. The fraction of sp³-hybridized carbons (Fsp3) is 0.0833. The molecule has 0 aliphatic carbocycles. The van der Waals surface area contributed by atoms with Gasteiger partial charge in [-0.3, -0.25) is 19.4 Å². The second-order valence-electron chi connectivity index (χ2n) is 7.78. The molecule has 3 aromatic carbocycles. The minimum absolute atomic E-state index is 0.0219. The van der Waals surface area contributed by atoms with E-state index in [4.69, 9.17) is 23.2 Å². The van der Waals surface area contributed by atoms with Crippen molar-refractivity contribution < 1.29 is 9.59 Å². The third kappa shape index (κ3) is 4.33. The van der Waals surface area contributed by atoms with Gasteiger partial charge >= 0.3 is 0 Å². The zero-order valence-electron chi connectivity index (χ0n) is 17.5. The van der Waals surface area contributed by atoms with Gasteiger partial charge in [0.15, 0.2) is 0 Å². The van der Waals surface area contributed by atoms with Gasteiger partial charge in [-0.1, -0.05) is 59.6 Å². The standard InChI is InChI=1S/C24H17Cl2N5O3/c25-13-8-14(26)10-15(9-13)27-24-30-21-20(23(34)31-24)17(11-19(32)29-21)22(33)28-18-7-3-5-12-4-1-2-6-16(12)18/h1-10,17H,11H2,(H,28,33)(H3,27,29,30,31,32,34)/t17-/m1/s1. The molecule has 0 spiro atoms. The highest BCUT2D eigenvalue weighted by Crippen LogP contribution is 2.32. The van der Waals surface area contributed by atoms with Crippen LogP contribution in [-0.2, 0) is 9.59 Å². The molecule has 2 heterocycles. The van der Waals surface area contributed by atoms with Gasteiger partial charge in [-0.15, -0.1) is 0 Å². The molecule has 10 heteroatoms. The molecule has 1 aliphatic heterocycles. The summed E-state index contributed by atoms with van der Waals surface area (Å²) < 4.78 is 0. The van der Waals surface area contributed by atoms with Crippen molar-refractivity contribution in [2.24, 2.45) is 0 Å². The van der Waals surface area contributed by atoms with E-state index in [0.717, 1.165) is 10.8 Å². The van der Waals surface area contributed by atoms with Gasteiger partial charge in [0.2, 0.25) is 17.8 Å². The number of H-pyrrole nitrogens is 1. The van der Waals surface area contributed by atoms with Crippen molar-refractivity contribution in [1.29, 1.82) is 0 Å². The zero-order valence-corrected chi connectivity index (χ0v) is 19.0. The maximum Gasteiger partial charge on any atom is 0.258 e. The van der Waals surface area contributed by atoms with Gasteiger partial charge in [-0.05, 0) is 29.7 Å². The van der Waals surface area contributed by atoms with Crippen molar-refractivity contribution in [3.8, 4) is 0 Å². The Morgan fingerprint density at radius 3 is 2.53 bits per heavy atom. The van der Waals surface area contributed by atoms with Gasteiger partial charge < -0.3 is 16.0 Å². The first-order valence-corrected chi connectivity index (χ1v) is 11.1. The van der Waals surface area contributed by atoms with Crippen molar-refractivity contribution in [1.82, 2.24) is 9.97 Å². The predicted molar refractivity (Wildman–Crippen MR) is 133 cm³/mol. The summed E-state index contributed by atoms with van der Waals surface area (Å²) in [6.45, 7) is 0. The Balaban J connectivity index is 1.47. The number of halogens is 2. The molecule has 1 aliphatic rings. The van der Waals surface area contributed by atoms with E-state index < -0.39 is 23.3 Å². The molecule has 0 radical (unpaired) electrons. The molecule has 4 aromatic rings. The Labute approximate surface area is 203 Å². The lowest BCUT2D eigenvalue weighted by Gasteiger charge is -2.24. The summed E-state index contributed by atoms with van der Waals surface area (Å²) in [4.78, 5) is 45.5. The summed E-state index contributed by atoms with van der Waals surface area (Å²) in [7, 11) is 0. The summed E-state index contributed by atoms with van der Waals surface area (Å²) in [6, 6.07) is 17.9. The van der Waals surface area contributed by atoms with Crippen LogP contribution in [0.4, 0.5) is 23.1 Å². The van der Waals surface area contributed by atoms with Crippen LogP contribution in [0.5, 0.6) is 0 Å². The highest BCUT2D eigenvalue weighted by atomic mass is 35.5. The number of hydrogen-bond acceptors (Lipinski definition) is 5. The number of hydrogen-bond donors (Lipinski definition) is 4. The quantitative estimate of drug-likeness (QED) is 0.317. The third-order valence-electron chi connectivity index (χ3n) is 5.44. The molecule has 1 aromatic heterocycles. The number of fused-ring (bicyclic) bond motifs is 2. The molecule has 4 N–H and O–H groups in total. The van der Waals surface area contributed by atoms with Gasteiger partial charge in [-0.2, -0.15) is 4.98 Å². The average Bonchev–Trinajstić information content (AvgIpc) is 2.77. The Kier molecular flexibility index (Phi) is 5.69. The topological polar surface area (TPSA) is 116 Å². The third-order valence-corrected chi connectivity index (χ3v) is 5.88. The summed E-state index contributed by atoms with van der Waals surface area (Å²) in [6.07, 6.45) is -0.176. The van der Waals surface area contributed by atoms with Crippen LogP contribution in [0.15, 0.2) is 65.5 Å². The van der Waals surface area contributed by atoms with E-state index in [1.807, 2.05) is 36.4 Å². The van der Waals surface area contributed by atoms with Crippen molar-refractivity contribution in [2.75, 3.05) is 16.0 Å².